The first-order valence-corrected chi connectivity index (χ1v) is 5.07. The lowest BCUT2D eigenvalue weighted by Crippen LogP contribution is -2.48. The Morgan fingerprint density at radius 1 is 1.60 bits per heavy atom. The SMILES string of the molecule is CSCCCN1CC(F)C1. The van der Waals surface area contributed by atoms with Crippen molar-refractivity contribution >= 4 is 11.8 Å². The van der Waals surface area contributed by atoms with E-state index in [9.17, 15) is 4.39 Å². The van der Waals surface area contributed by atoms with Gasteiger partial charge in [0.2, 0.25) is 0 Å². The van der Waals surface area contributed by atoms with Crippen LogP contribution in [-0.4, -0.2) is 42.7 Å². The van der Waals surface area contributed by atoms with Crippen molar-refractivity contribution < 1.29 is 4.39 Å². The molecule has 0 unspecified atom stereocenters. The van der Waals surface area contributed by atoms with Crippen molar-refractivity contribution in [1.82, 2.24) is 4.90 Å². The fraction of sp³-hybridized carbons (Fsp3) is 1.00. The molecule has 1 aliphatic heterocycles. The molecule has 1 fully saturated rings. The number of hydrogen-bond donors (Lipinski definition) is 0. The quantitative estimate of drug-likeness (QED) is 0.576. The van der Waals surface area contributed by atoms with Crippen LogP contribution in [-0.2, 0) is 0 Å². The molecule has 0 saturated carbocycles. The van der Waals surface area contributed by atoms with Crippen LogP contribution in [0.5, 0.6) is 0 Å². The van der Waals surface area contributed by atoms with Gasteiger partial charge in [-0.05, 0) is 25.0 Å². The van der Waals surface area contributed by atoms with Gasteiger partial charge in [-0.15, -0.1) is 0 Å². The van der Waals surface area contributed by atoms with E-state index in [4.69, 9.17) is 0 Å². The fourth-order valence-corrected chi connectivity index (χ4v) is 1.54. The zero-order valence-corrected chi connectivity index (χ0v) is 7.16. The van der Waals surface area contributed by atoms with Gasteiger partial charge in [0.25, 0.3) is 0 Å². The molecule has 0 amide bonds. The Bertz CT molecular complexity index is 93.6. The zero-order chi connectivity index (χ0) is 7.40. The van der Waals surface area contributed by atoms with Gasteiger partial charge in [-0.3, -0.25) is 4.90 Å². The number of halogens is 1. The Balaban J connectivity index is 1.86. The van der Waals surface area contributed by atoms with Gasteiger partial charge >= 0.3 is 0 Å². The Kier molecular flexibility index (Phi) is 3.49. The molecular formula is C7H14FNS. The van der Waals surface area contributed by atoms with Crippen molar-refractivity contribution in [2.75, 3.05) is 31.6 Å². The second-order valence-corrected chi connectivity index (χ2v) is 3.69. The highest BCUT2D eigenvalue weighted by molar-refractivity contribution is 7.98. The molecule has 0 aliphatic carbocycles. The first kappa shape index (κ1) is 8.34. The molecule has 3 heteroatoms. The third-order valence-corrected chi connectivity index (χ3v) is 2.43. The van der Waals surface area contributed by atoms with Gasteiger partial charge in [0.05, 0.1) is 0 Å². The molecule has 0 N–H and O–H groups in total. The molecule has 0 aromatic heterocycles. The van der Waals surface area contributed by atoms with Crippen LogP contribution < -0.4 is 0 Å². The molecule has 0 aromatic rings. The molecule has 0 spiro atoms. The van der Waals surface area contributed by atoms with E-state index in [0.717, 1.165) is 6.54 Å². The average molecular weight is 163 g/mol. The lowest BCUT2D eigenvalue weighted by molar-refractivity contribution is 0.0664. The summed E-state index contributed by atoms with van der Waals surface area (Å²) < 4.78 is 12.2. The molecule has 1 aliphatic rings. The summed E-state index contributed by atoms with van der Waals surface area (Å²) in [6.07, 6.45) is 2.77. The zero-order valence-electron chi connectivity index (χ0n) is 6.35. The Morgan fingerprint density at radius 2 is 2.30 bits per heavy atom. The van der Waals surface area contributed by atoms with E-state index in [1.165, 1.54) is 12.2 Å². The van der Waals surface area contributed by atoms with Crippen LogP contribution in [0.15, 0.2) is 0 Å². The highest BCUT2D eigenvalue weighted by Gasteiger charge is 2.24. The summed E-state index contributed by atoms with van der Waals surface area (Å²) in [7, 11) is 0. The second-order valence-electron chi connectivity index (χ2n) is 2.70. The van der Waals surface area contributed by atoms with Crippen molar-refractivity contribution in [3.05, 3.63) is 0 Å². The van der Waals surface area contributed by atoms with Gasteiger partial charge in [0, 0.05) is 13.1 Å². The van der Waals surface area contributed by atoms with E-state index in [2.05, 4.69) is 11.2 Å². The standard InChI is InChI=1S/C7H14FNS/c1-10-4-2-3-9-5-7(8)6-9/h7H,2-6H2,1H3. The molecule has 0 aromatic carbocycles. The Morgan fingerprint density at radius 3 is 2.80 bits per heavy atom. The minimum Gasteiger partial charge on any atom is -0.297 e. The third-order valence-electron chi connectivity index (χ3n) is 1.74. The van der Waals surface area contributed by atoms with Gasteiger partial charge in [0.1, 0.15) is 6.17 Å². The molecule has 0 atom stereocenters. The van der Waals surface area contributed by atoms with Crippen molar-refractivity contribution in [1.29, 1.82) is 0 Å². The number of nitrogens with zero attached hydrogens (tertiary/aromatic N) is 1. The number of thioether (sulfide) groups is 1. The summed E-state index contributed by atoms with van der Waals surface area (Å²) >= 11 is 1.86. The molecule has 1 heterocycles. The lowest BCUT2D eigenvalue weighted by Gasteiger charge is -2.34. The summed E-state index contributed by atoms with van der Waals surface area (Å²) in [4.78, 5) is 2.17. The van der Waals surface area contributed by atoms with E-state index in [1.54, 1.807) is 0 Å². The number of likely N-dealkylation sites (tertiary alicyclic amines) is 1. The number of rotatable bonds is 4. The van der Waals surface area contributed by atoms with Crippen LogP contribution in [0.3, 0.4) is 0 Å². The predicted octanol–water partition coefficient (Wildman–Crippen LogP) is 1.39. The highest BCUT2D eigenvalue weighted by atomic mass is 32.2. The molecule has 0 radical (unpaired) electrons. The number of alkyl halides is 1. The molecule has 0 bridgehead atoms. The topological polar surface area (TPSA) is 3.24 Å². The van der Waals surface area contributed by atoms with Crippen LogP contribution in [0, 0.1) is 0 Å². The maximum Gasteiger partial charge on any atom is 0.125 e. The maximum atomic E-state index is 12.2. The van der Waals surface area contributed by atoms with Gasteiger partial charge in [-0.25, -0.2) is 4.39 Å². The highest BCUT2D eigenvalue weighted by Crippen LogP contribution is 2.11. The maximum absolute atomic E-state index is 12.2. The van der Waals surface area contributed by atoms with Crippen LogP contribution in [0.2, 0.25) is 0 Å². The summed E-state index contributed by atoms with van der Waals surface area (Å²) in [5.41, 5.74) is 0. The van der Waals surface area contributed by atoms with E-state index in [-0.39, 0.29) is 0 Å². The predicted molar refractivity (Wildman–Crippen MR) is 44.3 cm³/mol. The summed E-state index contributed by atoms with van der Waals surface area (Å²) in [5, 5.41) is 0. The minimum absolute atomic E-state index is 0.533. The number of hydrogen-bond acceptors (Lipinski definition) is 2. The molecule has 1 rings (SSSR count). The van der Waals surface area contributed by atoms with Gasteiger partial charge in [0.15, 0.2) is 0 Å². The summed E-state index contributed by atoms with van der Waals surface area (Å²) in [5.74, 6) is 1.20. The molecular weight excluding hydrogens is 149 g/mol. The van der Waals surface area contributed by atoms with Crippen molar-refractivity contribution in [2.24, 2.45) is 0 Å². The van der Waals surface area contributed by atoms with E-state index >= 15 is 0 Å². The molecule has 10 heavy (non-hydrogen) atoms. The largest absolute Gasteiger partial charge is 0.297 e. The first-order chi connectivity index (χ1) is 4.83. The van der Waals surface area contributed by atoms with Gasteiger partial charge < -0.3 is 0 Å². The van der Waals surface area contributed by atoms with Gasteiger partial charge in [-0.1, -0.05) is 0 Å². The molecule has 60 valence electrons. The van der Waals surface area contributed by atoms with Crippen LogP contribution in [0.1, 0.15) is 6.42 Å². The average Bonchev–Trinajstić information content (AvgIpc) is 1.85. The van der Waals surface area contributed by atoms with Crippen molar-refractivity contribution in [3.63, 3.8) is 0 Å². The van der Waals surface area contributed by atoms with Crippen molar-refractivity contribution in [3.8, 4) is 0 Å². The van der Waals surface area contributed by atoms with Crippen LogP contribution in [0.4, 0.5) is 4.39 Å². The summed E-state index contributed by atoms with van der Waals surface area (Å²) in [6.45, 7) is 2.43. The molecule has 1 saturated heterocycles. The second kappa shape index (κ2) is 4.19. The Hall–Kier alpha value is 0.240. The molecule has 1 nitrogen and oxygen atoms in total. The van der Waals surface area contributed by atoms with E-state index in [0.29, 0.717) is 13.1 Å². The van der Waals surface area contributed by atoms with Gasteiger partial charge in [-0.2, -0.15) is 11.8 Å². The normalized spacial score (nSPS) is 21.0. The minimum atomic E-state index is -0.533. The lowest BCUT2D eigenvalue weighted by atomic mass is 10.2. The third kappa shape index (κ3) is 2.46. The smallest absolute Gasteiger partial charge is 0.125 e. The Labute approximate surface area is 66.0 Å². The van der Waals surface area contributed by atoms with Crippen LogP contribution in [0.25, 0.3) is 0 Å². The fourth-order valence-electron chi connectivity index (χ4n) is 1.12. The van der Waals surface area contributed by atoms with Crippen molar-refractivity contribution in [2.45, 2.75) is 12.6 Å². The van der Waals surface area contributed by atoms with E-state index in [1.807, 2.05) is 11.8 Å². The summed E-state index contributed by atoms with van der Waals surface area (Å²) in [6, 6.07) is 0. The monoisotopic (exact) mass is 163 g/mol. The first-order valence-electron chi connectivity index (χ1n) is 3.68. The van der Waals surface area contributed by atoms with E-state index < -0.39 is 6.17 Å². The van der Waals surface area contributed by atoms with Crippen LogP contribution >= 0.6 is 11.8 Å².